The van der Waals surface area contributed by atoms with Gasteiger partial charge in [-0.2, -0.15) is 26.3 Å². The van der Waals surface area contributed by atoms with Crippen LogP contribution in [0.5, 0.6) is 0 Å². The van der Waals surface area contributed by atoms with Crippen molar-refractivity contribution in [3.05, 3.63) is 17.5 Å². The fourth-order valence-electron chi connectivity index (χ4n) is 0.572. The predicted octanol–water partition coefficient (Wildman–Crippen LogP) is 0.886. The fraction of sp³-hybridized carbons (Fsp3) is 0.571. The first-order chi connectivity index (χ1) is 7.12. The molecule has 3 nitrogen and oxygen atoms in total. The van der Waals surface area contributed by atoms with Gasteiger partial charge < -0.3 is 15.5 Å². The highest BCUT2D eigenvalue weighted by Gasteiger charge is 2.35. The van der Waals surface area contributed by atoms with Crippen LogP contribution in [-0.4, -0.2) is 19.2 Å². The molecule has 0 spiro atoms. The Morgan fingerprint density at radius 1 is 1.06 bits per heavy atom. The van der Waals surface area contributed by atoms with Crippen LogP contribution in [0.3, 0.4) is 0 Å². The van der Waals surface area contributed by atoms with Gasteiger partial charge in [-0.05, 0) is 11.8 Å². The Labute approximate surface area is 86.8 Å². The lowest BCUT2D eigenvalue weighted by atomic mass is 10.3. The summed E-state index contributed by atoms with van der Waals surface area (Å²) in [6, 6.07) is -0.139. The first kappa shape index (κ1) is 14.8. The largest absolute Gasteiger partial charge is 0.571 e. The third kappa shape index (κ3) is 4.51. The second-order valence-electron chi connectivity index (χ2n) is 2.69. The van der Waals surface area contributed by atoms with Gasteiger partial charge in [-0.25, -0.2) is 0 Å². The van der Waals surface area contributed by atoms with Gasteiger partial charge in [-0.3, -0.25) is 0 Å². The molecule has 0 aliphatic heterocycles. The molecule has 0 aromatic carbocycles. The molecule has 1 aromatic rings. The van der Waals surface area contributed by atoms with Crippen LogP contribution in [0.2, 0.25) is 0 Å². The van der Waals surface area contributed by atoms with Gasteiger partial charge in [0.1, 0.15) is 5.69 Å². The van der Waals surface area contributed by atoms with Gasteiger partial charge >= 0.3 is 12.4 Å². The summed E-state index contributed by atoms with van der Waals surface area (Å²) in [4.78, 5) is 0. The maximum atomic E-state index is 11.7. The van der Waals surface area contributed by atoms with Gasteiger partial charge in [0.2, 0.25) is 0 Å². The van der Waals surface area contributed by atoms with Crippen molar-refractivity contribution in [3.63, 3.8) is 0 Å². The minimum absolute atomic E-state index is 0.139. The maximum absolute atomic E-state index is 11.7. The number of quaternary nitrogens is 1. The molecule has 0 fully saturated rings. The van der Waals surface area contributed by atoms with Crippen molar-refractivity contribution in [3.8, 4) is 0 Å². The SMILES string of the molecule is C[NH2+]C.FC(F)(F)c1cc(C(F)(F)F)[n-]n1. The van der Waals surface area contributed by atoms with E-state index in [-0.39, 0.29) is 6.07 Å². The number of halogens is 6. The quantitative estimate of drug-likeness (QED) is 0.694. The number of rotatable bonds is 0. The number of hydrogen-bond acceptors (Lipinski definition) is 1. The molecule has 1 heterocycles. The predicted molar refractivity (Wildman–Crippen MR) is 41.3 cm³/mol. The standard InChI is InChI=1S/C5HF6N2.C2H7N/c6-4(7,8)2-1-3(13-12-2)5(9,10)11;1-3-2/h1H;3H,1-2H3/q-1;/p+1. The summed E-state index contributed by atoms with van der Waals surface area (Å²) in [7, 11) is 4.00. The summed E-state index contributed by atoms with van der Waals surface area (Å²) >= 11 is 0. The van der Waals surface area contributed by atoms with Crippen molar-refractivity contribution in [2.24, 2.45) is 0 Å². The normalized spacial score (nSPS) is 12.0. The Kier molecular flexibility index (Phi) is 4.79. The molecular formula is C7H9F6N3. The molecule has 16 heavy (non-hydrogen) atoms. The maximum Gasteiger partial charge on any atom is 0.431 e. The van der Waals surface area contributed by atoms with E-state index in [4.69, 9.17) is 0 Å². The highest BCUT2D eigenvalue weighted by Crippen LogP contribution is 2.32. The highest BCUT2D eigenvalue weighted by molar-refractivity contribution is 5.13. The molecule has 0 aliphatic rings. The Morgan fingerprint density at radius 3 is 1.69 bits per heavy atom. The molecule has 94 valence electrons. The summed E-state index contributed by atoms with van der Waals surface area (Å²) in [5.41, 5.74) is -3.28. The molecule has 1 aromatic heterocycles. The summed E-state index contributed by atoms with van der Waals surface area (Å²) in [6.07, 6.45) is -9.78. The van der Waals surface area contributed by atoms with Crippen LogP contribution in [0.4, 0.5) is 26.3 Å². The van der Waals surface area contributed by atoms with Crippen LogP contribution in [0.1, 0.15) is 11.4 Å². The zero-order valence-electron chi connectivity index (χ0n) is 8.32. The summed E-state index contributed by atoms with van der Waals surface area (Å²) in [6.45, 7) is 0. The van der Waals surface area contributed by atoms with E-state index >= 15 is 0 Å². The lowest BCUT2D eigenvalue weighted by Crippen LogP contribution is -2.74. The Balaban J connectivity index is 0.000000673. The average Bonchev–Trinajstić information content (AvgIpc) is 2.49. The molecule has 0 unspecified atom stereocenters. The zero-order chi connectivity index (χ0) is 13.0. The van der Waals surface area contributed by atoms with E-state index in [1.165, 1.54) is 0 Å². The molecule has 0 saturated heterocycles. The molecule has 2 N–H and O–H groups in total. The van der Waals surface area contributed by atoms with E-state index in [9.17, 15) is 26.3 Å². The van der Waals surface area contributed by atoms with Crippen molar-refractivity contribution < 1.29 is 31.7 Å². The van der Waals surface area contributed by atoms with Crippen molar-refractivity contribution in [2.75, 3.05) is 14.1 Å². The third-order valence-electron chi connectivity index (χ3n) is 1.12. The molecular weight excluding hydrogens is 240 g/mol. The Bertz CT molecular complexity index is 284. The van der Waals surface area contributed by atoms with E-state index in [2.05, 4.69) is 10.2 Å². The molecule has 0 aliphatic carbocycles. The van der Waals surface area contributed by atoms with Gasteiger partial charge in [0.25, 0.3) is 0 Å². The first-order valence-corrected chi connectivity index (χ1v) is 4.01. The first-order valence-electron chi connectivity index (χ1n) is 4.01. The van der Waals surface area contributed by atoms with Gasteiger partial charge in [-0.15, -0.1) is 0 Å². The molecule has 9 heteroatoms. The fourth-order valence-corrected chi connectivity index (χ4v) is 0.572. The topological polar surface area (TPSA) is 43.6 Å². The van der Waals surface area contributed by atoms with E-state index in [0.717, 1.165) is 0 Å². The van der Waals surface area contributed by atoms with Crippen molar-refractivity contribution >= 4 is 0 Å². The highest BCUT2D eigenvalue weighted by atomic mass is 19.4. The van der Waals surface area contributed by atoms with Crippen LogP contribution in [0.25, 0.3) is 0 Å². The molecule has 1 rings (SSSR count). The van der Waals surface area contributed by atoms with Crippen molar-refractivity contribution in [2.45, 2.75) is 12.4 Å². The number of nitrogens with two attached hydrogens (primary N) is 1. The molecule has 0 saturated carbocycles. The monoisotopic (exact) mass is 249 g/mol. The zero-order valence-corrected chi connectivity index (χ0v) is 8.32. The molecule has 0 radical (unpaired) electrons. The van der Waals surface area contributed by atoms with Crippen molar-refractivity contribution in [1.82, 2.24) is 10.2 Å². The summed E-state index contributed by atoms with van der Waals surface area (Å²) in [5, 5.41) is 6.72. The molecule has 0 bridgehead atoms. The van der Waals surface area contributed by atoms with Gasteiger partial charge in [0.05, 0.1) is 14.1 Å². The van der Waals surface area contributed by atoms with Crippen LogP contribution in [0, 0.1) is 0 Å². The smallest absolute Gasteiger partial charge is 0.431 e. The second-order valence-corrected chi connectivity index (χ2v) is 2.69. The Morgan fingerprint density at radius 2 is 1.50 bits per heavy atom. The lowest BCUT2D eigenvalue weighted by molar-refractivity contribution is -0.597. The van der Waals surface area contributed by atoms with Gasteiger partial charge in [0.15, 0.2) is 0 Å². The minimum Gasteiger partial charge on any atom is -0.571 e. The minimum atomic E-state index is -4.89. The van der Waals surface area contributed by atoms with E-state index in [1.807, 2.05) is 19.4 Å². The van der Waals surface area contributed by atoms with Gasteiger partial charge in [-0.1, -0.05) is 0 Å². The number of nitrogens with zero attached hydrogens (tertiary/aromatic N) is 2. The lowest BCUT2D eigenvalue weighted by Gasteiger charge is -2.08. The van der Waals surface area contributed by atoms with Crippen LogP contribution in [-0.2, 0) is 12.4 Å². The Hall–Kier alpha value is -1.25. The number of aromatic nitrogens is 2. The summed E-state index contributed by atoms with van der Waals surface area (Å²) < 4.78 is 70.3. The molecule has 0 amide bonds. The van der Waals surface area contributed by atoms with E-state index in [0.29, 0.717) is 0 Å². The summed E-state index contributed by atoms with van der Waals surface area (Å²) in [5.74, 6) is 0. The average molecular weight is 249 g/mol. The molecule has 0 atom stereocenters. The van der Waals surface area contributed by atoms with Crippen molar-refractivity contribution in [1.29, 1.82) is 0 Å². The van der Waals surface area contributed by atoms with Crippen LogP contribution in [0.15, 0.2) is 6.07 Å². The van der Waals surface area contributed by atoms with E-state index < -0.39 is 23.7 Å². The van der Waals surface area contributed by atoms with Gasteiger partial charge in [0, 0.05) is 0 Å². The second kappa shape index (κ2) is 5.19. The van der Waals surface area contributed by atoms with Crippen LogP contribution < -0.4 is 10.4 Å². The van der Waals surface area contributed by atoms with Crippen LogP contribution >= 0.6 is 0 Å². The third-order valence-corrected chi connectivity index (χ3v) is 1.12. The van der Waals surface area contributed by atoms with E-state index in [1.54, 1.807) is 0 Å². The number of hydrogen-bond donors (Lipinski definition) is 1. The number of alkyl halides is 6.